The van der Waals surface area contributed by atoms with Crippen LogP contribution in [0.1, 0.15) is 53.6 Å². The van der Waals surface area contributed by atoms with Crippen LogP contribution in [-0.2, 0) is 12.6 Å². The van der Waals surface area contributed by atoms with Crippen LogP contribution in [0.15, 0.2) is 60.8 Å². The Kier molecular flexibility index (Phi) is 8.77. The number of carbonyl (C=O) groups excluding carboxylic acids is 1. The highest BCUT2D eigenvalue weighted by molar-refractivity contribution is 5.94. The van der Waals surface area contributed by atoms with Crippen LogP contribution >= 0.6 is 0 Å². The molecule has 2 aliphatic rings. The first-order chi connectivity index (χ1) is 19.7. The van der Waals surface area contributed by atoms with E-state index in [1.165, 1.54) is 5.56 Å². The van der Waals surface area contributed by atoms with Crippen LogP contribution in [0.3, 0.4) is 0 Å². The molecule has 5 rings (SSSR count). The zero-order chi connectivity index (χ0) is 29.0. The van der Waals surface area contributed by atoms with Gasteiger partial charge in [-0.3, -0.25) is 4.79 Å². The summed E-state index contributed by atoms with van der Waals surface area (Å²) >= 11 is 0. The van der Waals surface area contributed by atoms with Gasteiger partial charge in [0, 0.05) is 36.6 Å². The van der Waals surface area contributed by atoms with Gasteiger partial charge in [0.05, 0.1) is 0 Å². The van der Waals surface area contributed by atoms with Crippen LogP contribution in [0.2, 0.25) is 0 Å². The third-order valence-corrected chi connectivity index (χ3v) is 8.29. The summed E-state index contributed by atoms with van der Waals surface area (Å²) in [6.45, 7) is 1.92. The Hall–Kier alpha value is -3.66. The van der Waals surface area contributed by atoms with Gasteiger partial charge in [-0.15, -0.1) is 0 Å². The molecule has 2 N–H and O–H groups in total. The maximum absolute atomic E-state index is 13.8. The van der Waals surface area contributed by atoms with E-state index in [-0.39, 0.29) is 29.8 Å². The van der Waals surface area contributed by atoms with Gasteiger partial charge in [0.1, 0.15) is 11.4 Å². The van der Waals surface area contributed by atoms with E-state index in [0.29, 0.717) is 17.2 Å². The average molecular weight is 567 g/mol. The molecule has 10 heteroatoms. The lowest BCUT2D eigenvalue weighted by atomic mass is 9.98. The second kappa shape index (κ2) is 12.5. The number of anilines is 3. The highest BCUT2D eigenvalue weighted by atomic mass is 19.4. The number of alkyl halides is 3. The molecule has 2 aromatic carbocycles. The Balaban J connectivity index is 1.24. The Bertz CT molecular complexity index is 1310. The number of nitrogens with one attached hydrogen (secondary N) is 2. The van der Waals surface area contributed by atoms with Crippen LogP contribution in [0.25, 0.3) is 0 Å². The van der Waals surface area contributed by atoms with Crippen LogP contribution in [0, 0.1) is 5.92 Å². The van der Waals surface area contributed by atoms with Gasteiger partial charge in [0.25, 0.3) is 5.91 Å². The van der Waals surface area contributed by atoms with Crippen LogP contribution in [0.5, 0.6) is 0 Å². The standard InChI is InChI=1S/C31H37F3N6O/c1-39-16-14-26(15-17-39)40(2)29(41)23-9-12-24(13-10-23)37-30-35-20-27(31(32,33)34)28(38-30)36-25-11-8-22(19-25)18-21-6-4-3-5-7-21/h3-7,9-10,12-13,20,22,25-26H,8,11,14-19H2,1-2H3,(H2,35,36,37,38). The van der Waals surface area contributed by atoms with E-state index >= 15 is 0 Å². The minimum Gasteiger partial charge on any atom is -0.367 e. The maximum atomic E-state index is 13.8. The molecular weight excluding hydrogens is 529 g/mol. The SMILES string of the molecule is CN1CCC(N(C)C(=O)c2ccc(Nc3ncc(C(F)(F)F)c(NC4CCC(Cc5ccccc5)C4)n3)cc2)CC1. The van der Waals surface area contributed by atoms with Crippen molar-refractivity contribution < 1.29 is 18.0 Å². The summed E-state index contributed by atoms with van der Waals surface area (Å²) in [4.78, 5) is 25.2. The normalized spacial score (nSPS) is 20.1. The zero-order valence-electron chi connectivity index (χ0n) is 23.5. The topological polar surface area (TPSA) is 73.4 Å². The predicted octanol–water partition coefficient (Wildman–Crippen LogP) is 6.23. The molecular formula is C31H37F3N6O. The quantitative estimate of drug-likeness (QED) is 0.337. The molecule has 218 valence electrons. The third-order valence-electron chi connectivity index (χ3n) is 8.29. The molecule has 0 radical (unpaired) electrons. The van der Waals surface area contributed by atoms with Gasteiger partial charge in [-0.05, 0) is 94.4 Å². The van der Waals surface area contributed by atoms with E-state index in [2.05, 4.69) is 44.7 Å². The second-order valence-electron chi connectivity index (χ2n) is 11.3. The highest BCUT2D eigenvalue weighted by Crippen LogP contribution is 2.37. The number of benzene rings is 2. The molecule has 1 aliphatic heterocycles. The molecule has 1 amide bonds. The molecule has 2 atom stereocenters. The molecule has 3 aromatic rings. The largest absolute Gasteiger partial charge is 0.421 e. The molecule has 1 aliphatic carbocycles. The van der Waals surface area contributed by atoms with Crippen LogP contribution in [0.4, 0.5) is 30.6 Å². The van der Waals surface area contributed by atoms with E-state index in [1.807, 2.05) is 25.2 Å². The van der Waals surface area contributed by atoms with Gasteiger partial charge in [0.15, 0.2) is 0 Å². The Morgan fingerprint density at radius 2 is 1.73 bits per heavy atom. The van der Waals surface area contributed by atoms with Crippen molar-refractivity contribution in [2.75, 3.05) is 37.8 Å². The molecule has 1 aromatic heterocycles. The van der Waals surface area contributed by atoms with Crippen molar-refractivity contribution in [2.45, 2.75) is 56.8 Å². The average Bonchev–Trinajstić information content (AvgIpc) is 3.39. The van der Waals surface area contributed by atoms with Crippen molar-refractivity contribution in [1.82, 2.24) is 19.8 Å². The van der Waals surface area contributed by atoms with Crippen molar-refractivity contribution in [3.8, 4) is 0 Å². The molecule has 1 saturated heterocycles. The smallest absolute Gasteiger partial charge is 0.367 e. The Morgan fingerprint density at radius 1 is 1.02 bits per heavy atom. The molecule has 7 nitrogen and oxygen atoms in total. The first-order valence-electron chi connectivity index (χ1n) is 14.2. The van der Waals surface area contributed by atoms with Gasteiger partial charge >= 0.3 is 6.18 Å². The number of carbonyl (C=O) groups is 1. The second-order valence-corrected chi connectivity index (χ2v) is 11.3. The van der Waals surface area contributed by atoms with E-state index in [0.717, 1.165) is 57.8 Å². The fourth-order valence-corrected chi connectivity index (χ4v) is 5.87. The van der Waals surface area contributed by atoms with Gasteiger partial charge in [0.2, 0.25) is 5.95 Å². The van der Waals surface area contributed by atoms with Crippen LogP contribution in [-0.4, -0.2) is 64.9 Å². The van der Waals surface area contributed by atoms with Gasteiger partial charge < -0.3 is 20.4 Å². The monoisotopic (exact) mass is 566 g/mol. The highest BCUT2D eigenvalue weighted by Gasteiger charge is 2.36. The lowest BCUT2D eigenvalue weighted by molar-refractivity contribution is -0.137. The predicted molar refractivity (Wildman–Crippen MR) is 154 cm³/mol. The van der Waals surface area contributed by atoms with Gasteiger partial charge in [-0.1, -0.05) is 30.3 Å². The Morgan fingerprint density at radius 3 is 2.41 bits per heavy atom. The summed E-state index contributed by atoms with van der Waals surface area (Å²) in [5.74, 6) is 0.197. The maximum Gasteiger partial charge on any atom is 0.421 e. The Labute approximate surface area is 239 Å². The molecule has 0 bridgehead atoms. The summed E-state index contributed by atoms with van der Waals surface area (Å²) in [7, 11) is 3.92. The van der Waals surface area contributed by atoms with E-state index in [1.54, 1.807) is 29.2 Å². The number of aromatic nitrogens is 2. The minimum atomic E-state index is -4.58. The molecule has 2 heterocycles. The lowest BCUT2D eigenvalue weighted by Gasteiger charge is -2.35. The van der Waals surface area contributed by atoms with Crippen molar-refractivity contribution in [3.63, 3.8) is 0 Å². The van der Waals surface area contributed by atoms with Crippen molar-refractivity contribution in [2.24, 2.45) is 5.92 Å². The fourth-order valence-electron chi connectivity index (χ4n) is 5.87. The number of amides is 1. The lowest BCUT2D eigenvalue weighted by Crippen LogP contribution is -2.44. The molecule has 41 heavy (non-hydrogen) atoms. The third kappa shape index (κ3) is 7.35. The first-order valence-corrected chi connectivity index (χ1v) is 14.2. The molecule has 2 fully saturated rings. The minimum absolute atomic E-state index is 0.0505. The number of hydrogen-bond acceptors (Lipinski definition) is 6. The summed E-state index contributed by atoms with van der Waals surface area (Å²) in [6.07, 6.45) is 1.54. The van der Waals surface area contributed by atoms with Crippen molar-refractivity contribution in [1.29, 1.82) is 0 Å². The van der Waals surface area contributed by atoms with E-state index in [9.17, 15) is 18.0 Å². The summed E-state index contributed by atoms with van der Waals surface area (Å²) in [6, 6.07) is 17.1. The number of halogens is 3. The number of rotatable bonds is 8. The van der Waals surface area contributed by atoms with Crippen LogP contribution < -0.4 is 10.6 Å². The number of hydrogen-bond donors (Lipinski definition) is 2. The van der Waals surface area contributed by atoms with E-state index < -0.39 is 11.7 Å². The van der Waals surface area contributed by atoms with Crippen molar-refractivity contribution in [3.05, 3.63) is 77.5 Å². The fraction of sp³-hybridized carbons (Fsp3) is 0.452. The number of nitrogens with zero attached hydrogens (tertiary/aromatic N) is 4. The van der Waals surface area contributed by atoms with Crippen molar-refractivity contribution >= 4 is 23.4 Å². The number of likely N-dealkylation sites (tertiary alicyclic amines) is 1. The summed E-state index contributed by atoms with van der Waals surface area (Å²) in [5, 5.41) is 6.06. The van der Waals surface area contributed by atoms with Gasteiger partial charge in [-0.2, -0.15) is 18.2 Å². The first kappa shape index (κ1) is 28.9. The van der Waals surface area contributed by atoms with E-state index in [4.69, 9.17) is 0 Å². The number of piperidine rings is 1. The molecule has 1 saturated carbocycles. The van der Waals surface area contributed by atoms with Gasteiger partial charge in [-0.25, -0.2) is 4.98 Å². The summed E-state index contributed by atoms with van der Waals surface area (Å²) < 4.78 is 41.4. The molecule has 0 spiro atoms. The summed E-state index contributed by atoms with van der Waals surface area (Å²) in [5.41, 5.74) is 1.49. The zero-order valence-corrected chi connectivity index (χ0v) is 23.5. The molecule has 2 unspecified atom stereocenters.